The lowest BCUT2D eigenvalue weighted by Crippen LogP contribution is -2.55. The summed E-state index contributed by atoms with van der Waals surface area (Å²) in [5, 5.41) is 0. The van der Waals surface area contributed by atoms with Crippen LogP contribution in [0.2, 0.25) is 0 Å². The van der Waals surface area contributed by atoms with Crippen LogP contribution in [0.1, 0.15) is 145 Å². The van der Waals surface area contributed by atoms with Crippen molar-refractivity contribution in [1.29, 1.82) is 0 Å². The zero-order valence-corrected chi connectivity index (χ0v) is 19.8. The van der Waals surface area contributed by atoms with Crippen molar-refractivity contribution in [1.82, 2.24) is 4.90 Å². The highest BCUT2D eigenvalue weighted by Gasteiger charge is 2.35. The van der Waals surface area contributed by atoms with Gasteiger partial charge in [0.2, 0.25) is 0 Å². The summed E-state index contributed by atoms with van der Waals surface area (Å²) in [5.41, 5.74) is 0.651. The largest absolute Gasteiger partial charge is 0.293 e. The van der Waals surface area contributed by atoms with E-state index in [1.165, 1.54) is 103 Å². The molecule has 1 nitrogen and oxygen atoms in total. The van der Waals surface area contributed by atoms with Crippen LogP contribution in [0.15, 0.2) is 0 Å². The molecule has 0 aliphatic carbocycles. The third kappa shape index (κ3) is 11.6. The van der Waals surface area contributed by atoms with Crippen LogP contribution in [-0.2, 0) is 0 Å². The predicted octanol–water partition coefficient (Wildman–Crippen LogP) is 8.76. The molecule has 0 N–H and O–H groups in total. The summed E-state index contributed by atoms with van der Waals surface area (Å²) in [5.74, 6) is 0. The molecule has 0 aromatic carbocycles. The highest BCUT2D eigenvalue weighted by atomic mass is 15.2. The van der Waals surface area contributed by atoms with Crippen LogP contribution in [0.25, 0.3) is 0 Å². The molecule has 0 rings (SSSR count). The van der Waals surface area contributed by atoms with Crippen molar-refractivity contribution >= 4 is 0 Å². The van der Waals surface area contributed by atoms with E-state index in [2.05, 4.69) is 53.4 Å². The van der Waals surface area contributed by atoms with Crippen molar-refractivity contribution < 1.29 is 0 Å². The summed E-state index contributed by atoms with van der Waals surface area (Å²) < 4.78 is 0. The molecule has 0 radical (unpaired) electrons. The van der Waals surface area contributed by atoms with Gasteiger partial charge in [0.1, 0.15) is 0 Å². The van der Waals surface area contributed by atoms with Gasteiger partial charge in [0.15, 0.2) is 0 Å². The minimum atomic E-state index is 0.325. The van der Waals surface area contributed by atoms with Crippen molar-refractivity contribution in [2.45, 2.75) is 156 Å². The van der Waals surface area contributed by atoms with Gasteiger partial charge >= 0.3 is 0 Å². The standard InChI is InChI=1S/C25H53N/c1-8-11-12-13-14-15-16-17-18-19-20-23-26(24(4,5)21-9-2)25(6,7)22-10-3/h8-23H2,1-7H3. The van der Waals surface area contributed by atoms with Crippen molar-refractivity contribution in [3.05, 3.63) is 0 Å². The number of hydrogen-bond acceptors (Lipinski definition) is 1. The van der Waals surface area contributed by atoms with Crippen molar-refractivity contribution in [3.8, 4) is 0 Å². The molecule has 0 aromatic heterocycles. The Morgan fingerprint density at radius 3 is 1.15 bits per heavy atom. The van der Waals surface area contributed by atoms with E-state index in [0.717, 1.165) is 0 Å². The smallest absolute Gasteiger partial charge is 0.0158 e. The highest BCUT2D eigenvalue weighted by Crippen LogP contribution is 2.32. The number of hydrogen-bond donors (Lipinski definition) is 0. The normalized spacial score (nSPS) is 12.9. The summed E-state index contributed by atoms with van der Waals surface area (Å²) in [4.78, 5) is 2.83. The van der Waals surface area contributed by atoms with Gasteiger partial charge in [0.05, 0.1) is 0 Å². The fourth-order valence-corrected chi connectivity index (χ4v) is 4.85. The molecular formula is C25H53N. The molecule has 0 aliphatic heterocycles. The Balaban J connectivity index is 4.08. The minimum Gasteiger partial charge on any atom is -0.293 e. The lowest BCUT2D eigenvalue weighted by Gasteiger charge is -2.49. The van der Waals surface area contributed by atoms with Gasteiger partial charge in [-0.15, -0.1) is 0 Å². The molecule has 0 aromatic rings. The maximum Gasteiger partial charge on any atom is 0.0158 e. The van der Waals surface area contributed by atoms with Gasteiger partial charge < -0.3 is 0 Å². The Morgan fingerprint density at radius 2 is 0.808 bits per heavy atom. The molecule has 0 atom stereocenters. The van der Waals surface area contributed by atoms with Gasteiger partial charge in [-0.2, -0.15) is 0 Å². The second-order valence-corrected chi connectivity index (χ2v) is 9.81. The maximum atomic E-state index is 2.83. The molecule has 0 amide bonds. The van der Waals surface area contributed by atoms with Gasteiger partial charge in [-0.05, 0) is 53.5 Å². The van der Waals surface area contributed by atoms with E-state index in [4.69, 9.17) is 0 Å². The van der Waals surface area contributed by atoms with Crippen LogP contribution < -0.4 is 0 Å². The molecule has 0 saturated carbocycles. The molecule has 0 aliphatic rings. The van der Waals surface area contributed by atoms with Crippen LogP contribution in [0.4, 0.5) is 0 Å². The summed E-state index contributed by atoms with van der Waals surface area (Å²) in [6.07, 6.45) is 20.9. The van der Waals surface area contributed by atoms with Gasteiger partial charge in [0, 0.05) is 11.1 Å². The molecule has 0 spiro atoms. The third-order valence-electron chi connectivity index (χ3n) is 6.17. The first-order valence-corrected chi connectivity index (χ1v) is 12.1. The average Bonchev–Trinajstić information content (AvgIpc) is 2.55. The number of unbranched alkanes of at least 4 members (excludes halogenated alkanes) is 10. The van der Waals surface area contributed by atoms with Crippen molar-refractivity contribution in [3.63, 3.8) is 0 Å². The first kappa shape index (κ1) is 26.0. The Morgan fingerprint density at radius 1 is 0.462 bits per heavy atom. The lowest BCUT2D eigenvalue weighted by molar-refractivity contribution is 0.00351. The summed E-state index contributed by atoms with van der Waals surface area (Å²) in [6, 6.07) is 0. The predicted molar refractivity (Wildman–Crippen MR) is 121 cm³/mol. The lowest BCUT2D eigenvalue weighted by atomic mass is 9.86. The first-order chi connectivity index (χ1) is 12.3. The van der Waals surface area contributed by atoms with Crippen molar-refractivity contribution in [2.75, 3.05) is 6.54 Å². The van der Waals surface area contributed by atoms with Gasteiger partial charge in [0.25, 0.3) is 0 Å². The summed E-state index contributed by atoms with van der Waals surface area (Å²) >= 11 is 0. The van der Waals surface area contributed by atoms with Crippen LogP contribution in [0.3, 0.4) is 0 Å². The van der Waals surface area contributed by atoms with Gasteiger partial charge in [-0.1, -0.05) is 97.8 Å². The van der Waals surface area contributed by atoms with Crippen molar-refractivity contribution in [2.24, 2.45) is 0 Å². The quantitative estimate of drug-likeness (QED) is 0.219. The first-order valence-electron chi connectivity index (χ1n) is 12.1. The number of nitrogens with zero attached hydrogens (tertiary/aromatic N) is 1. The van der Waals surface area contributed by atoms with E-state index in [9.17, 15) is 0 Å². The minimum absolute atomic E-state index is 0.325. The maximum absolute atomic E-state index is 2.83. The zero-order valence-electron chi connectivity index (χ0n) is 19.8. The Kier molecular flexibility index (Phi) is 14.9. The fraction of sp³-hybridized carbons (Fsp3) is 1.00. The van der Waals surface area contributed by atoms with Crippen LogP contribution in [-0.4, -0.2) is 22.5 Å². The zero-order chi connectivity index (χ0) is 19.9. The van der Waals surface area contributed by atoms with E-state index in [0.29, 0.717) is 11.1 Å². The van der Waals surface area contributed by atoms with E-state index in [-0.39, 0.29) is 0 Å². The summed E-state index contributed by atoms with van der Waals surface area (Å²) in [6.45, 7) is 18.1. The second-order valence-electron chi connectivity index (χ2n) is 9.81. The third-order valence-corrected chi connectivity index (χ3v) is 6.17. The molecule has 0 saturated heterocycles. The van der Waals surface area contributed by atoms with E-state index in [1.807, 2.05) is 0 Å². The molecule has 26 heavy (non-hydrogen) atoms. The Labute approximate surface area is 167 Å². The average molecular weight is 368 g/mol. The van der Waals surface area contributed by atoms with Crippen LogP contribution in [0.5, 0.6) is 0 Å². The highest BCUT2D eigenvalue weighted by molar-refractivity contribution is 4.92. The Hall–Kier alpha value is -0.0400. The van der Waals surface area contributed by atoms with Crippen LogP contribution in [0, 0.1) is 0 Å². The fourth-order valence-electron chi connectivity index (χ4n) is 4.85. The van der Waals surface area contributed by atoms with Gasteiger partial charge in [-0.25, -0.2) is 0 Å². The molecule has 0 fully saturated rings. The monoisotopic (exact) mass is 367 g/mol. The van der Waals surface area contributed by atoms with E-state index in [1.54, 1.807) is 0 Å². The summed E-state index contributed by atoms with van der Waals surface area (Å²) in [7, 11) is 0. The molecular weight excluding hydrogens is 314 g/mol. The topological polar surface area (TPSA) is 3.24 Å². The van der Waals surface area contributed by atoms with Gasteiger partial charge in [-0.3, -0.25) is 4.90 Å². The number of rotatable bonds is 18. The van der Waals surface area contributed by atoms with E-state index < -0.39 is 0 Å². The van der Waals surface area contributed by atoms with Crippen LogP contribution >= 0.6 is 0 Å². The molecule has 0 unspecified atom stereocenters. The molecule has 0 bridgehead atoms. The Bertz CT molecular complexity index is 287. The molecule has 0 heterocycles. The second kappa shape index (κ2) is 14.9. The SMILES string of the molecule is CCCCCCCCCCCCCN(C(C)(C)CCC)C(C)(C)CCC. The molecule has 1 heteroatoms. The van der Waals surface area contributed by atoms with E-state index >= 15 is 0 Å². The molecule has 158 valence electrons.